The van der Waals surface area contributed by atoms with E-state index in [2.05, 4.69) is 15.9 Å². The molecule has 1 aromatic rings. The van der Waals surface area contributed by atoms with Crippen LogP contribution in [-0.2, 0) is 0 Å². The minimum Gasteiger partial charge on any atom is -0.398 e. The van der Waals surface area contributed by atoms with E-state index in [1.54, 1.807) is 19.1 Å². The van der Waals surface area contributed by atoms with Crippen LogP contribution in [0.5, 0.6) is 0 Å². The second kappa shape index (κ2) is 5.87. The molecule has 16 heavy (non-hydrogen) atoms. The minimum atomic E-state index is -0.982. The van der Waals surface area contributed by atoms with Crippen LogP contribution in [0, 0.1) is 6.92 Å². The van der Waals surface area contributed by atoms with Crippen molar-refractivity contribution in [2.45, 2.75) is 25.6 Å². The quantitative estimate of drug-likeness (QED) is 0.591. The molecule has 3 nitrogen and oxygen atoms in total. The maximum Gasteiger partial charge on any atom is 0.106 e. The van der Waals surface area contributed by atoms with Crippen LogP contribution >= 0.6 is 27.5 Å². The fraction of sp³-hybridized carbons (Fsp3) is 0.455. The Balaban J connectivity index is 3.00. The van der Waals surface area contributed by atoms with Gasteiger partial charge in [-0.1, -0.05) is 33.6 Å². The molecule has 0 amide bonds. The average molecular weight is 309 g/mol. The fourth-order valence-electron chi connectivity index (χ4n) is 1.43. The zero-order chi connectivity index (χ0) is 12.3. The Kier molecular flexibility index (Phi) is 5.05. The number of nitrogen functional groups attached to an aromatic ring is 1. The van der Waals surface area contributed by atoms with Crippen LogP contribution in [0.3, 0.4) is 0 Å². The summed E-state index contributed by atoms with van der Waals surface area (Å²) in [6.07, 6.45) is -1.36. The third-order valence-electron chi connectivity index (χ3n) is 2.55. The molecule has 0 saturated carbocycles. The van der Waals surface area contributed by atoms with Crippen molar-refractivity contribution in [3.05, 3.63) is 28.3 Å². The zero-order valence-corrected chi connectivity index (χ0v) is 11.3. The van der Waals surface area contributed by atoms with Gasteiger partial charge in [0.25, 0.3) is 0 Å². The first kappa shape index (κ1) is 13.8. The van der Waals surface area contributed by atoms with Gasteiger partial charge in [-0.15, -0.1) is 0 Å². The average Bonchev–Trinajstić information content (AvgIpc) is 2.26. The van der Waals surface area contributed by atoms with Crippen LogP contribution in [-0.4, -0.2) is 21.6 Å². The monoisotopic (exact) mass is 307 g/mol. The number of aliphatic hydroxyl groups is 2. The molecule has 0 radical (unpaired) electrons. The summed E-state index contributed by atoms with van der Waals surface area (Å²) in [7, 11) is 0. The van der Waals surface area contributed by atoms with Gasteiger partial charge in [0, 0.05) is 16.6 Å². The lowest BCUT2D eigenvalue weighted by Gasteiger charge is -2.19. The number of aliphatic hydroxyl groups excluding tert-OH is 2. The molecule has 0 bridgehead atoms. The highest BCUT2D eigenvalue weighted by Gasteiger charge is 2.21. The van der Waals surface area contributed by atoms with Crippen molar-refractivity contribution >= 4 is 33.2 Å². The molecule has 1 rings (SSSR count). The normalized spacial score (nSPS) is 14.8. The van der Waals surface area contributed by atoms with Crippen LogP contribution in [0.2, 0.25) is 5.02 Å². The van der Waals surface area contributed by atoms with E-state index in [4.69, 9.17) is 17.3 Å². The molecule has 0 aromatic heterocycles. The van der Waals surface area contributed by atoms with Crippen LogP contribution in [0.1, 0.15) is 23.7 Å². The highest BCUT2D eigenvalue weighted by molar-refractivity contribution is 9.09. The number of halogens is 2. The van der Waals surface area contributed by atoms with E-state index in [1.165, 1.54) is 0 Å². The van der Waals surface area contributed by atoms with Gasteiger partial charge in [0.05, 0.1) is 11.1 Å². The number of benzene rings is 1. The molecular formula is C11H15BrClNO2. The SMILES string of the molecule is Cc1c(N)ccc(C(O)C(O)CCBr)c1Cl. The molecule has 0 fully saturated rings. The molecular weight excluding hydrogens is 293 g/mol. The summed E-state index contributed by atoms with van der Waals surface area (Å²) in [5, 5.41) is 20.6. The lowest BCUT2D eigenvalue weighted by Crippen LogP contribution is -2.19. The van der Waals surface area contributed by atoms with Gasteiger partial charge >= 0.3 is 0 Å². The number of alkyl halides is 1. The fourth-order valence-corrected chi connectivity index (χ4v) is 2.18. The molecule has 1 aromatic carbocycles. The smallest absolute Gasteiger partial charge is 0.106 e. The summed E-state index contributed by atoms with van der Waals surface area (Å²) in [4.78, 5) is 0. The molecule has 0 spiro atoms. The molecule has 2 atom stereocenters. The number of rotatable bonds is 4. The van der Waals surface area contributed by atoms with E-state index in [0.717, 1.165) is 5.56 Å². The number of anilines is 1. The topological polar surface area (TPSA) is 66.5 Å². The first-order valence-electron chi connectivity index (χ1n) is 4.95. The third kappa shape index (κ3) is 2.88. The second-order valence-electron chi connectivity index (χ2n) is 3.67. The Labute approximate surface area is 108 Å². The Bertz CT molecular complexity index is 373. The van der Waals surface area contributed by atoms with Crippen LogP contribution < -0.4 is 5.73 Å². The van der Waals surface area contributed by atoms with Gasteiger partial charge in [0.1, 0.15) is 6.10 Å². The van der Waals surface area contributed by atoms with Crippen molar-refractivity contribution in [3.8, 4) is 0 Å². The van der Waals surface area contributed by atoms with E-state index >= 15 is 0 Å². The molecule has 0 aliphatic carbocycles. The van der Waals surface area contributed by atoms with Gasteiger partial charge in [-0.25, -0.2) is 0 Å². The first-order chi connectivity index (χ1) is 7.49. The van der Waals surface area contributed by atoms with Gasteiger partial charge in [-0.3, -0.25) is 0 Å². The van der Waals surface area contributed by atoms with Gasteiger partial charge in [0.2, 0.25) is 0 Å². The second-order valence-corrected chi connectivity index (χ2v) is 4.84. The molecule has 0 heterocycles. The zero-order valence-electron chi connectivity index (χ0n) is 8.95. The predicted molar refractivity (Wildman–Crippen MR) is 70.0 cm³/mol. The maximum absolute atomic E-state index is 9.92. The summed E-state index contributed by atoms with van der Waals surface area (Å²) in [5.41, 5.74) is 7.51. The van der Waals surface area contributed by atoms with Crippen LogP contribution in [0.25, 0.3) is 0 Å². The van der Waals surface area contributed by atoms with E-state index in [1.807, 2.05) is 0 Å². The molecule has 0 aliphatic heterocycles. The first-order valence-corrected chi connectivity index (χ1v) is 6.45. The lowest BCUT2D eigenvalue weighted by atomic mass is 10.00. The Morgan fingerprint density at radius 3 is 2.62 bits per heavy atom. The highest BCUT2D eigenvalue weighted by Crippen LogP contribution is 2.31. The van der Waals surface area contributed by atoms with Crippen molar-refractivity contribution in [1.29, 1.82) is 0 Å². The molecule has 0 saturated heterocycles. The minimum absolute atomic E-state index is 0.418. The van der Waals surface area contributed by atoms with Crippen molar-refractivity contribution in [3.63, 3.8) is 0 Å². The van der Waals surface area contributed by atoms with Gasteiger partial charge in [-0.2, -0.15) is 0 Å². The van der Waals surface area contributed by atoms with E-state index in [9.17, 15) is 10.2 Å². The van der Waals surface area contributed by atoms with Crippen molar-refractivity contribution in [2.75, 3.05) is 11.1 Å². The largest absolute Gasteiger partial charge is 0.398 e. The summed E-state index contributed by atoms with van der Waals surface area (Å²) >= 11 is 9.29. The molecule has 0 aliphatic rings. The van der Waals surface area contributed by atoms with Gasteiger partial charge in [0.15, 0.2) is 0 Å². The molecule has 2 unspecified atom stereocenters. The molecule has 90 valence electrons. The number of hydrogen-bond acceptors (Lipinski definition) is 3. The number of nitrogens with two attached hydrogens (primary N) is 1. The maximum atomic E-state index is 9.92. The Morgan fingerprint density at radius 1 is 1.44 bits per heavy atom. The third-order valence-corrected chi connectivity index (χ3v) is 3.51. The summed E-state index contributed by atoms with van der Waals surface area (Å²) in [6.45, 7) is 1.78. The van der Waals surface area contributed by atoms with Gasteiger partial charge < -0.3 is 15.9 Å². The van der Waals surface area contributed by atoms with Crippen LogP contribution in [0.15, 0.2) is 12.1 Å². The van der Waals surface area contributed by atoms with Crippen LogP contribution in [0.4, 0.5) is 5.69 Å². The number of hydrogen-bond donors (Lipinski definition) is 3. The standard InChI is InChI=1S/C11H15BrClNO2/c1-6-8(14)3-2-7(10(6)13)11(16)9(15)4-5-12/h2-3,9,11,15-16H,4-5,14H2,1H3. The molecule has 5 heteroatoms. The predicted octanol–water partition coefficient (Wildman–Crippen LogP) is 2.41. The lowest BCUT2D eigenvalue weighted by molar-refractivity contribution is 0.0174. The van der Waals surface area contributed by atoms with E-state index in [0.29, 0.717) is 28.0 Å². The molecule has 4 N–H and O–H groups in total. The van der Waals surface area contributed by atoms with E-state index in [-0.39, 0.29) is 0 Å². The summed E-state index contributed by atoms with van der Waals surface area (Å²) in [5.74, 6) is 0. The van der Waals surface area contributed by atoms with E-state index < -0.39 is 12.2 Å². The Morgan fingerprint density at radius 2 is 2.06 bits per heavy atom. The van der Waals surface area contributed by atoms with Crippen molar-refractivity contribution < 1.29 is 10.2 Å². The summed E-state index contributed by atoms with van der Waals surface area (Å²) in [6, 6.07) is 3.33. The Hall–Kier alpha value is -0.290. The van der Waals surface area contributed by atoms with Crippen molar-refractivity contribution in [2.24, 2.45) is 0 Å². The highest BCUT2D eigenvalue weighted by atomic mass is 79.9. The summed E-state index contributed by atoms with van der Waals surface area (Å²) < 4.78 is 0. The van der Waals surface area contributed by atoms with Crippen molar-refractivity contribution in [1.82, 2.24) is 0 Å². The van der Waals surface area contributed by atoms with Gasteiger partial charge in [-0.05, 0) is 25.0 Å².